The van der Waals surface area contributed by atoms with E-state index in [1.165, 1.54) is 22.6 Å². The fraction of sp³-hybridized carbons (Fsp3) is 0.333. The first-order chi connectivity index (χ1) is 13.0. The number of thiophene rings is 1. The minimum atomic E-state index is -3.49. The molecular formula is C18H19BrN4O2S2. The molecule has 0 aromatic carbocycles. The Balaban J connectivity index is 1.53. The van der Waals surface area contributed by atoms with Crippen LogP contribution in [-0.4, -0.2) is 29.7 Å². The summed E-state index contributed by atoms with van der Waals surface area (Å²) in [6.45, 7) is 0.820. The number of aromatic nitrogens is 3. The Morgan fingerprint density at radius 1 is 1.15 bits per heavy atom. The lowest BCUT2D eigenvalue weighted by Crippen LogP contribution is -2.27. The van der Waals surface area contributed by atoms with Crippen LogP contribution in [0.2, 0.25) is 0 Å². The Morgan fingerprint density at radius 3 is 2.67 bits per heavy atom. The number of nitrogens with zero attached hydrogens (tertiary/aromatic N) is 3. The smallest absolute Gasteiger partial charge is 0.250 e. The fourth-order valence-electron chi connectivity index (χ4n) is 3.40. The van der Waals surface area contributed by atoms with E-state index in [1.54, 1.807) is 24.5 Å². The molecule has 3 heterocycles. The molecule has 142 valence electrons. The van der Waals surface area contributed by atoms with Gasteiger partial charge < -0.3 is 0 Å². The normalized spacial score (nSPS) is 14.3. The number of rotatable bonds is 6. The van der Waals surface area contributed by atoms with Crippen LogP contribution in [0.4, 0.5) is 0 Å². The van der Waals surface area contributed by atoms with Crippen LogP contribution in [0, 0.1) is 0 Å². The first-order valence-corrected chi connectivity index (χ1v) is 11.9. The number of hydrogen-bond donors (Lipinski definition) is 1. The van der Waals surface area contributed by atoms with E-state index in [0.717, 1.165) is 40.7 Å². The van der Waals surface area contributed by atoms with E-state index < -0.39 is 10.0 Å². The molecule has 4 rings (SSSR count). The summed E-state index contributed by atoms with van der Waals surface area (Å²) in [6, 6.07) is 7.29. The molecule has 0 atom stereocenters. The van der Waals surface area contributed by atoms with Crippen molar-refractivity contribution in [2.75, 3.05) is 6.54 Å². The minimum absolute atomic E-state index is 0.307. The number of hydrogen-bond acceptors (Lipinski definition) is 5. The zero-order valence-corrected chi connectivity index (χ0v) is 17.8. The maximum Gasteiger partial charge on any atom is 0.250 e. The van der Waals surface area contributed by atoms with Crippen molar-refractivity contribution < 1.29 is 8.42 Å². The highest BCUT2D eigenvalue weighted by Crippen LogP contribution is 2.31. The van der Waals surface area contributed by atoms with Crippen LogP contribution < -0.4 is 4.72 Å². The highest BCUT2D eigenvalue weighted by molar-refractivity contribution is 9.11. The molecular weight excluding hydrogens is 448 g/mol. The topological polar surface area (TPSA) is 76.9 Å². The summed E-state index contributed by atoms with van der Waals surface area (Å²) >= 11 is 4.51. The summed E-state index contributed by atoms with van der Waals surface area (Å²) in [5.74, 6) is 0. The molecule has 0 unspecified atom stereocenters. The van der Waals surface area contributed by atoms with Gasteiger partial charge in [0.2, 0.25) is 10.0 Å². The average molecular weight is 467 g/mol. The number of sulfonamides is 1. The van der Waals surface area contributed by atoms with E-state index in [2.05, 4.69) is 25.6 Å². The van der Waals surface area contributed by atoms with Crippen molar-refractivity contribution in [2.45, 2.75) is 36.4 Å². The van der Waals surface area contributed by atoms with Crippen LogP contribution in [0.3, 0.4) is 0 Å². The van der Waals surface area contributed by atoms with E-state index in [4.69, 9.17) is 5.10 Å². The highest BCUT2D eigenvalue weighted by Gasteiger charge is 2.22. The standard InChI is InChI=1S/C18H19BrN4O2S2/c19-16-5-6-17(26-16)27(24,25)21-11-12-23-15-4-2-1-3-14(15)18(22-23)13-7-9-20-10-8-13/h5-10,21H,1-4,11-12H2. The summed E-state index contributed by atoms with van der Waals surface area (Å²) in [7, 11) is -3.49. The zero-order chi connectivity index (χ0) is 18.9. The van der Waals surface area contributed by atoms with Gasteiger partial charge in [-0.15, -0.1) is 11.3 Å². The highest BCUT2D eigenvalue weighted by atomic mass is 79.9. The van der Waals surface area contributed by atoms with Crippen molar-refractivity contribution in [3.05, 3.63) is 51.7 Å². The summed E-state index contributed by atoms with van der Waals surface area (Å²) < 4.78 is 30.6. The van der Waals surface area contributed by atoms with Crippen LogP contribution in [0.5, 0.6) is 0 Å². The van der Waals surface area contributed by atoms with Gasteiger partial charge in [-0.05, 0) is 65.9 Å². The maximum absolute atomic E-state index is 12.4. The van der Waals surface area contributed by atoms with Crippen LogP contribution in [0.1, 0.15) is 24.1 Å². The third-order valence-corrected chi connectivity index (χ3v) is 8.22. The largest absolute Gasteiger partial charge is 0.267 e. The SMILES string of the molecule is O=S(=O)(NCCn1nc(-c2ccncc2)c2c1CCCC2)c1ccc(Br)s1. The molecule has 0 radical (unpaired) electrons. The number of halogens is 1. The number of pyridine rings is 1. The van der Waals surface area contributed by atoms with Gasteiger partial charge in [-0.1, -0.05) is 0 Å². The van der Waals surface area contributed by atoms with Crippen molar-refractivity contribution in [3.8, 4) is 11.3 Å². The lowest BCUT2D eigenvalue weighted by atomic mass is 9.94. The molecule has 9 heteroatoms. The average Bonchev–Trinajstić information content (AvgIpc) is 3.27. The molecule has 3 aromatic heterocycles. The molecule has 3 aromatic rings. The molecule has 0 saturated carbocycles. The maximum atomic E-state index is 12.4. The third-order valence-electron chi connectivity index (χ3n) is 4.64. The molecule has 0 bridgehead atoms. The second kappa shape index (κ2) is 7.83. The first kappa shape index (κ1) is 18.8. The van der Waals surface area contributed by atoms with E-state index in [1.807, 2.05) is 16.8 Å². The minimum Gasteiger partial charge on any atom is -0.267 e. The van der Waals surface area contributed by atoms with Crippen LogP contribution in [-0.2, 0) is 29.4 Å². The lowest BCUT2D eigenvalue weighted by Gasteiger charge is -2.14. The molecule has 0 saturated heterocycles. The second-order valence-electron chi connectivity index (χ2n) is 6.40. The predicted octanol–water partition coefficient (Wildman–Crippen LogP) is 3.63. The van der Waals surface area contributed by atoms with Gasteiger partial charge in [0.1, 0.15) is 4.21 Å². The Bertz CT molecular complexity index is 1040. The monoisotopic (exact) mass is 466 g/mol. The molecule has 0 amide bonds. The molecule has 27 heavy (non-hydrogen) atoms. The van der Waals surface area contributed by atoms with Gasteiger partial charge in [0.15, 0.2) is 0 Å². The molecule has 1 aliphatic rings. The Hall–Kier alpha value is -1.55. The fourth-order valence-corrected chi connectivity index (χ4v) is 6.47. The van der Waals surface area contributed by atoms with Crippen molar-refractivity contribution in [1.82, 2.24) is 19.5 Å². The molecule has 1 aliphatic carbocycles. The summed E-state index contributed by atoms with van der Waals surface area (Å²) in [4.78, 5) is 4.08. The first-order valence-electron chi connectivity index (χ1n) is 8.78. The Labute approximate surface area is 170 Å². The van der Waals surface area contributed by atoms with E-state index >= 15 is 0 Å². The predicted molar refractivity (Wildman–Crippen MR) is 109 cm³/mol. The van der Waals surface area contributed by atoms with Crippen molar-refractivity contribution in [1.29, 1.82) is 0 Å². The van der Waals surface area contributed by atoms with Gasteiger partial charge in [0.05, 0.1) is 16.0 Å². The van der Waals surface area contributed by atoms with Crippen LogP contribution >= 0.6 is 27.3 Å². The van der Waals surface area contributed by atoms with Crippen molar-refractivity contribution in [3.63, 3.8) is 0 Å². The van der Waals surface area contributed by atoms with Gasteiger partial charge in [0.25, 0.3) is 0 Å². The quantitative estimate of drug-likeness (QED) is 0.601. The molecule has 1 N–H and O–H groups in total. The van der Waals surface area contributed by atoms with E-state index in [9.17, 15) is 8.42 Å². The van der Waals surface area contributed by atoms with Crippen molar-refractivity contribution in [2.24, 2.45) is 0 Å². The summed E-state index contributed by atoms with van der Waals surface area (Å²) in [6.07, 6.45) is 7.85. The van der Waals surface area contributed by atoms with E-state index in [-0.39, 0.29) is 0 Å². The number of fused-ring (bicyclic) bond motifs is 1. The summed E-state index contributed by atoms with van der Waals surface area (Å²) in [5, 5.41) is 4.81. The zero-order valence-electron chi connectivity index (χ0n) is 14.6. The molecule has 0 aliphatic heterocycles. The van der Waals surface area contributed by atoms with E-state index in [0.29, 0.717) is 17.3 Å². The Kier molecular flexibility index (Phi) is 5.45. The molecule has 6 nitrogen and oxygen atoms in total. The van der Waals surface area contributed by atoms with Crippen LogP contribution in [0.25, 0.3) is 11.3 Å². The third kappa shape index (κ3) is 4.01. The molecule has 0 fully saturated rings. The van der Waals surface area contributed by atoms with Crippen LogP contribution in [0.15, 0.2) is 44.7 Å². The summed E-state index contributed by atoms with van der Waals surface area (Å²) in [5.41, 5.74) is 4.58. The van der Waals surface area contributed by atoms with Gasteiger partial charge in [-0.3, -0.25) is 9.67 Å². The Morgan fingerprint density at radius 2 is 1.93 bits per heavy atom. The van der Waals surface area contributed by atoms with Gasteiger partial charge >= 0.3 is 0 Å². The number of nitrogens with one attached hydrogen (secondary N) is 1. The van der Waals surface area contributed by atoms with Crippen molar-refractivity contribution >= 4 is 37.3 Å². The lowest BCUT2D eigenvalue weighted by molar-refractivity contribution is 0.539. The van der Waals surface area contributed by atoms with Gasteiger partial charge in [-0.2, -0.15) is 5.10 Å². The second-order valence-corrected chi connectivity index (χ2v) is 10.9. The molecule has 0 spiro atoms. The van der Waals surface area contributed by atoms with Gasteiger partial charge in [0, 0.05) is 35.8 Å². The van der Waals surface area contributed by atoms with Gasteiger partial charge in [-0.25, -0.2) is 13.1 Å².